The van der Waals surface area contributed by atoms with Gasteiger partial charge in [-0.15, -0.1) is 0 Å². The second-order valence-electron chi connectivity index (χ2n) is 5.79. The summed E-state index contributed by atoms with van der Waals surface area (Å²) in [6, 6.07) is 5.92. The van der Waals surface area contributed by atoms with Gasteiger partial charge in [-0.1, -0.05) is 41.3 Å². The Labute approximate surface area is 161 Å². The summed E-state index contributed by atoms with van der Waals surface area (Å²) in [6.45, 7) is 5.35. The molecule has 1 heterocycles. The number of aryl methyl sites for hydroxylation is 1. The van der Waals surface area contributed by atoms with Crippen molar-refractivity contribution in [3.8, 4) is 0 Å². The van der Waals surface area contributed by atoms with Crippen LogP contribution in [-0.4, -0.2) is 34.6 Å². The zero-order valence-electron chi connectivity index (χ0n) is 14.7. The summed E-state index contributed by atoms with van der Waals surface area (Å²) >= 11 is 12.1. The number of hydrogen-bond donors (Lipinski definition) is 2. The number of hydrogen-bond acceptors (Lipinski definition) is 4. The maximum Gasteiger partial charge on any atom is 0.322 e. The molecule has 7 nitrogen and oxygen atoms in total. The number of nitrogens with one attached hydrogen (secondary N) is 2. The Bertz CT molecular complexity index is 794. The van der Waals surface area contributed by atoms with Crippen molar-refractivity contribution in [3.63, 3.8) is 0 Å². The predicted molar refractivity (Wildman–Crippen MR) is 102 cm³/mol. The first-order valence-corrected chi connectivity index (χ1v) is 8.82. The lowest BCUT2D eigenvalue weighted by atomic mass is 10.2. The van der Waals surface area contributed by atoms with Crippen LogP contribution in [0.2, 0.25) is 10.0 Å². The van der Waals surface area contributed by atoms with E-state index in [0.717, 1.165) is 0 Å². The lowest BCUT2D eigenvalue weighted by molar-refractivity contribution is -0.117. The standard InChI is InChI=1S/C17H20Cl2N4O3/c1-4-10(2)23(9-15(24)21-14-8-11(3)26-22-14)17(25)20-13-7-5-6-12(18)16(13)19/h5-8,10H,4,9H2,1-3H3,(H,20,25)(H,21,22,24). The van der Waals surface area contributed by atoms with Gasteiger partial charge in [0.05, 0.1) is 15.7 Å². The van der Waals surface area contributed by atoms with E-state index < -0.39 is 6.03 Å². The van der Waals surface area contributed by atoms with E-state index in [0.29, 0.717) is 28.7 Å². The van der Waals surface area contributed by atoms with Gasteiger partial charge in [-0.25, -0.2) is 4.79 Å². The second-order valence-corrected chi connectivity index (χ2v) is 6.57. The van der Waals surface area contributed by atoms with Crippen LogP contribution in [0.4, 0.5) is 16.3 Å². The van der Waals surface area contributed by atoms with Crippen molar-refractivity contribution in [2.75, 3.05) is 17.2 Å². The highest BCUT2D eigenvalue weighted by Gasteiger charge is 2.23. The number of carbonyl (C=O) groups excluding carboxylic acids is 2. The molecule has 0 aliphatic carbocycles. The molecule has 140 valence electrons. The molecule has 1 aromatic heterocycles. The largest absolute Gasteiger partial charge is 0.360 e. The van der Waals surface area contributed by atoms with Crippen LogP contribution in [0.1, 0.15) is 26.0 Å². The molecular weight excluding hydrogens is 379 g/mol. The molecule has 0 spiro atoms. The maximum atomic E-state index is 12.7. The molecule has 0 bridgehead atoms. The Morgan fingerprint density at radius 3 is 2.65 bits per heavy atom. The van der Waals surface area contributed by atoms with Crippen molar-refractivity contribution in [1.82, 2.24) is 10.1 Å². The highest BCUT2D eigenvalue weighted by atomic mass is 35.5. The molecule has 0 aliphatic heterocycles. The minimum absolute atomic E-state index is 0.148. The summed E-state index contributed by atoms with van der Waals surface area (Å²) in [5, 5.41) is 9.58. The third-order valence-corrected chi connectivity index (χ3v) is 4.61. The first kappa shape index (κ1) is 20.1. The van der Waals surface area contributed by atoms with Crippen LogP contribution in [0.5, 0.6) is 0 Å². The summed E-state index contributed by atoms with van der Waals surface area (Å²) in [6.07, 6.45) is 0.674. The van der Waals surface area contributed by atoms with Crippen molar-refractivity contribution >= 4 is 46.6 Å². The van der Waals surface area contributed by atoms with Gasteiger partial charge in [0.25, 0.3) is 0 Å². The average Bonchev–Trinajstić information content (AvgIpc) is 3.00. The molecule has 2 N–H and O–H groups in total. The lowest BCUT2D eigenvalue weighted by Crippen LogP contribution is -2.45. The molecule has 3 amide bonds. The molecule has 9 heteroatoms. The van der Waals surface area contributed by atoms with Gasteiger partial charge in [-0.2, -0.15) is 0 Å². The Balaban J connectivity index is 2.09. The molecule has 0 saturated heterocycles. The van der Waals surface area contributed by atoms with Gasteiger partial charge < -0.3 is 20.1 Å². The van der Waals surface area contributed by atoms with E-state index in [9.17, 15) is 9.59 Å². The quantitative estimate of drug-likeness (QED) is 0.746. The molecule has 2 rings (SSSR count). The van der Waals surface area contributed by atoms with Gasteiger partial charge in [-0.05, 0) is 32.4 Å². The van der Waals surface area contributed by atoms with Crippen LogP contribution in [0, 0.1) is 6.92 Å². The van der Waals surface area contributed by atoms with Crippen molar-refractivity contribution in [2.45, 2.75) is 33.2 Å². The zero-order valence-corrected chi connectivity index (χ0v) is 16.2. The molecule has 2 aromatic rings. The topological polar surface area (TPSA) is 87.5 Å². The van der Waals surface area contributed by atoms with E-state index in [1.165, 1.54) is 4.90 Å². The predicted octanol–water partition coefficient (Wildman–Crippen LogP) is 4.56. The fourth-order valence-electron chi connectivity index (χ4n) is 2.20. The minimum atomic E-state index is -0.449. The van der Waals surface area contributed by atoms with Crippen molar-refractivity contribution in [2.24, 2.45) is 0 Å². The normalized spacial score (nSPS) is 11.7. The Morgan fingerprint density at radius 2 is 2.04 bits per heavy atom. The van der Waals surface area contributed by atoms with Gasteiger partial charge in [-0.3, -0.25) is 4.79 Å². The van der Waals surface area contributed by atoms with Crippen LogP contribution in [0.25, 0.3) is 0 Å². The lowest BCUT2D eigenvalue weighted by Gasteiger charge is -2.28. The van der Waals surface area contributed by atoms with Crippen LogP contribution in [-0.2, 0) is 4.79 Å². The highest BCUT2D eigenvalue weighted by molar-refractivity contribution is 6.43. The highest BCUT2D eigenvalue weighted by Crippen LogP contribution is 2.29. The third kappa shape index (κ3) is 5.12. The number of halogens is 2. The molecule has 0 saturated carbocycles. The van der Waals surface area contributed by atoms with Crippen LogP contribution >= 0.6 is 23.2 Å². The Morgan fingerprint density at radius 1 is 1.31 bits per heavy atom. The summed E-state index contributed by atoms with van der Waals surface area (Å²) in [5.41, 5.74) is 0.380. The number of rotatable bonds is 6. The van der Waals surface area contributed by atoms with Crippen molar-refractivity contribution in [1.29, 1.82) is 0 Å². The van der Waals surface area contributed by atoms with Gasteiger partial charge >= 0.3 is 6.03 Å². The smallest absolute Gasteiger partial charge is 0.322 e. The van der Waals surface area contributed by atoms with E-state index in [1.54, 1.807) is 31.2 Å². The fourth-order valence-corrected chi connectivity index (χ4v) is 2.55. The molecule has 0 radical (unpaired) electrons. The number of anilines is 2. The Hall–Kier alpha value is -2.25. The summed E-state index contributed by atoms with van der Waals surface area (Å²) in [7, 11) is 0. The third-order valence-electron chi connectivity index (χ3n) is 3.79. The van der Waals surface area contributed by atoms with Crippen molar-refractivity contribution < 1.29 is 14.1 Å². The zero-order chi connectivity index (χ0) is 19.3. The fraction of sp³-hybridized carbons (Fsp3) is 0.353. The summed E-state index contributed by atoms with van der Waals surface area (Å²) in [4.78, 5) is 26.4. The first-order valence-electron chi connectivity index (χ1n) is 8.06. The Kier molecular flexibility index (Phi) is 6.88. The molecule has 26 heavy (non-hydrogen) atoms. The first-order chi connectivity index (χ1) is 12.3. The number of urea groups is 1. The van der Waals surface area contributed by atoms with Crippen LogP contribution in [0.15, 0.2) is 28.8 Å². The SMILES string of the molecule is CCC(C)N(CC(=O)Nc1cc(C)on1)C(=O)Nc1cccc(Cl)c1Cl. The van der Waals surface area contributed by atoms with Crippen LogP contribution < -0.4 is 10.6 Å². The van der Waals surface area contributed by atoms with E-state index >= 15 is 0 Å². The van der Waals surface area contributed by atoms with E-state index in [-0.39, 0.29) is 23.5 Å². The van der Waals surface area contributed by atoms with E-state index in [1.807, 2.05) is 13.8 Å². The van der Waals surface area contributed by atoms with Crippen LogP contribution in [0.3, 0.4) is 0 Å². The number of amides is 3. The van der Waals surface area contributed by atoms with Gasteiger partial charge in [0.1, 0.15) is 12.3 Å². The number of benzene rings is 1. The molecule has 0 aliphatic rings. The second kappa shape index (κ2) is 8.91. The monoisotopic (exact) mass is 398 g/mol. The molecule has 1 atom stereocenters. The number of aromatic nitrogens is 1. The van der Waals surface area contributed by atoms with E-state index in [4.69, 9.17) is 27.7 Å². The molecule has 1 aromatic carbocycles. The number of carbonyl (C=O) groups is 2. The maximum absolute atomic E-state index is 12.7. The molecule has 1 unspecified atom stereocenters. The van der Waals surface area contributed by atoms with Gasteiger partial charge in [0, 0.05) is 12.1 Å². The minimum Gasteiger partial charge on any atom is -0.360 e. The molecular formula is C17H20Cl2N4O3. The summed E-state index contributed by atoms with van der Waals surface area (Å²) < 4.78 is 4.91. The van der Waals surface area contributed by atoms with E-state index in [2.05, 4.69) is 15.8 Å². The van der Waals surface area contributed by atoms with Gasteiger partial charge in [0.2, 0.25) is 5.91 Å². The number of nitrogens with zero attached hydrogens (tertiary/aromatic N) is 2. The average molecular weight is 399 g/mol. The van der Waals surface area contributed by atoms with Crippen molar-refractivity contribution in [3.05, 3.63) is 40.1 Å². The molecule has 0 fully saturated rings. The van der Waals surface area contributed by atoms with Gasteiger partial charge in [0.15, 0.2) is 5.82 Å². The summed E-state index contributed by atoms with van der Waals surface area (Å²) in [5.74, 6) is 0.494.